The zero-order valence-corrected chi connectivity index (χ0v) is 37.1. The number of unbranched alkanes of at least 4 members (excludes halogenated alkanes) is 12. The first-order valence-corrected chi connectivity index (χ1v) is 22.3. The van der Waals surface area contributed by atoms with Crippen molar-refractivity contribution in [3.05, 3.63) is 23.8 Å². The molecule has 322 valence electrons. The Bertz CT molecular complexity index is 1550. The zero-order chi connectivity index (χ0) is 42.6. The van der Waals surface area contributed by atoms with Gasteiger partial charge in [0.15, 0.2) is 11.6 Å². The maximum Gasteiger partial charge on any atom is 0.306 e. The van der Waals surface area contributed by atoms with Gasteiger partial charge in [-0.1, -0.05) is 116 Å². The minimum Gasteiger partial charge on any atom is -0.462 e. The van der Waals surface area contributed by atoms with Crippen LogP contribution in [0, 0.1) is 39.4 Å². The predicted octanol–water partition coefficient (Wildman–Crippen LogP) is 9.53. The molecule has 0 spiro atoms. The average Bonchev–Trinajstić information content (AvgIpc) is 3.33. The van der Waals surface area contributed by atoms with Crippen molar-refractivity contribution in [1.29, 1.82) is 0 Å². The fraction of sp³-hybridized carbons (Fsp3) is 0.812. The summed E-state index contributed by atoms with van der Waals surface area (Å²) in [5.41, 5.74) is -5.73. The zero-order valence-electron chi connectivity index (χ0n) is 37.1. The van der Waals surface area contributed by atoms with Crippen molar-refractivity contribution >= 4 is 29.3 Å². The quantitative estimate of drug-likeness (QED) is 0.0533. The smallest absolute Gasteiger partial charge is 0.306 e. The number of rotatable bonds is 20. The van der Waals surface area contributed by atoms with E-state index in [0.717, 1.165) is 24.8 Å². The number of aliphatic hydroxyl groups is 2. The second-order valence-electron chi connectivity index (χ2n) is 20.2. The van der Waals surface area contributed by atoms with E-state index < -0.39 is 62.7 Å². The van der Waals surface area contributed by atoms with Gasteiger partial charge >= 0.3 is 11.9 Å². The summed E-state index contributed by atoms with van der Waals surface area (Å²) < 4.78 is 11.7. The maximum absolute atomic E-state index is 14.8. The van der Waals surface area contributed by atoms with Gasteiger partial charge in [0.05, 0.1) is 0 Å². The second-order valence-corrected chi connectivity index (χ2v) is 20.2. The lowest BCUT2D eigenvalue weighted by atomic mass is 9.38. The molecule has 0 aliphatic heterocycles. The molecule has 0 heterocycles. The van der Waals surface area contributed by atoms with E-state index in [0.29, 0.717) is 19.3 Å². The van der Waals surface area contributed by atoms with Gasteiger partial charge in [-0.05, 0) is 95.1 Å². The Hall–Kier alpha value is -2.65. The molecule has 0 unspecified atom stereocenters. The van der Waals surface area contributed by atoms with E-state index in [1.807, 2.05) is 27.7 Å². The van der Waals surface area contributed by atoms with Gasteiger partial charge in [0.25, 0.3) is 0 Å². The number of carbonyl (C=O) groups excluding carboxylic acids is 5. The third kappa shape index (κ3) is 9.55. The monoisotopic (exact) mass is 797 g/mol. The Morgan fingerprint density at radius 2 is 1.40 bits per heavy atom. The topological polar surface area (TPSA) is 144 Å². The van der Waals surface area contributed by atoms with Crippen molar-refractivity contribution in [2.24, 2.45) is 39.4 Å². The molecule has 2 N–H and O–H groups in total. The summed E-state index contributed by atoms with van der Waals surface area (Å²) in [4.78, 5) is 67.5. The molecule has 9 heteroatoms. The van der Waals surface area contributed by atoms with Gasteiger partial charge < -0.3 is 19.7 Å². The minimum absolute atomic E-state index is 0.0286. The normalized spacial score (nSPS) is 33.2. The average molecular weight is 797 g/mol. The van der Waals surface area contributed by atoms with Crippen LogP contribution in [-0.4, -0.2) is 62.9 Å². The van der Waals surface area contributed by atoms with Gasteiger partial charge in [-0.15, -0.1) is 0 Å². The number of hydrogen-bond donors (Lipinski definition) is 2. The highest BCUT2D eigenvalue weighted by molar-refractivity contribution is 5.98. The van der Waals surface area contributed by atoms with Crippen LogP contribution in [0.3, 0.4) is 0 Å². The van der Waals surface area contributed by atoms with Crippen molar-refractivity contribution in [2.75, 3.05) is 0 Å². The SMILES string of the molecule is CCCCCCCCCCCCCCCC(=O)O[C@@H]1C[C@@]2(C)[C@@H]3CC=C4[C@@H](C[C@H](O)C(=O)C4(C)C)[C@]3(C)C(=O)C[C@]2(C)[C@H]1[C@@](C)(O)C(=O)/C=C/C(C)(C)OC(C)=O. The van der Waals surface area contributed by atoms with Gasteiger partial charge in [-0.25, -0.2) is 0 Å². The maximum atomic E-state index is 14.8. The predicted molar refractivity (Wildman–Crippen MR) is 222 cm³/mol. The molecular weight excluding hydrogens is 721 g/mol. The molecule has 3 fully saturated rings. The Balaban J connectivity index is 1.55. The lowest BCUT2D eigenvalue weighted by Crippen LogP contribution is -2.65. The number of ketones is 3. The van der Waals surface area contributed by atoms with Crippen LogP contribution in [0.1, 0.15) is 185 Å². The van der Waals surface area contributed by atoms with E-state index in [-0.39, 0.29) is 48.6 Å². The largest absolute Gasteiger partial charge is 0.462 e. The molecule has 4 aliphatic rings. The standard InChI is InChI=1S/C48H76O9/c1-11-12-13-14-15-16-17-18-19-20-21-22-23-24-40(53)56-36-30-45(7)37-26-25-33-34(29-35(50)42(54)44(33,5)6)47(37,9)39(52)31-46(45,8)41(36)48(10,55)38(51)27-28-43(3,4)57-32(2)49/h25,27-28,34-37,41,50,55H,11-24,26,29-31H2,1-10H3/b28-27+/t34-,35+,36-,37+,41+,45+,46-,47+,48+/m1/s1. The molecule has 0 aromatic heterocycles. The minimum atomic E-state index is -2.05. The van der Waals surface area contributed by atoms with E-state index >= 15 is 0 Å². The Kier molecular flexibility index (Phi) is 15.1. The third-order valence-electron chi connectivity index (χ3n) is 15.3. The number of esters is 2. The summed E-state index contributed by atoms with van der Waals surface area (Å²) in [5.74, 6) is -3.31. The molecule has 0 radical (unpaired) electrons. The number of Topliss-reactive ketones (excluding diaryl/α,β-unsaturated/α-hetero) is 2. The fourth-order valence-electron chi connectivity index (χ4n) is 12.0. The summed E-state index contributed by atoms with van der Waals surface area (Å²) in [5, 5.41) is 23.4. The van der Waals surface area contributed by atoms with Crippen LogP contribution in [0.15, 0.2) is 23.8 Å². The van der Waals surface area contributed by atoms with Crippen molar-refractivity contribution in [3.63, 3.8) is 0 Å². The van der Waals surface area contributed by atoms with Gasteiger partial charge in [0, 0.05) is 36.5 Å². The van der Waals surface area contributed by atoms with Gasteiger partial charge in [-0.3, -0.25) is 24.0 Å². The summed E-state index contributed by atoms with van der Waals surface area (Å²) in [6.07, 6.45) is 19.5. The molecule has 9 atom stereocenters. The van der Waals surface area contributed by atoms with Crippen LogP contribution in [0.4, 0.5) is 0 Å². The number of ether oxygens (including phenoxy) is 2. The lowest BCUT2D eigenvalue weighted by molar-refractivity contribution is -0.185. The van der Waals surface area contributed by atoms with Crippen LogP contribution in [0.25, 0.3) is 0 Å². The van der Waals surface area contributed by atoms with Crippen molar-refractivity contribution in [1.82, 2.24) is 0 Å². The van der Waals surface area contributed by atoms with E-state index in [2.05, 4.69) is 19.9 Å². The molecule has 57 heavy (non-hydrogen) atoms. The highest BCUT2D eigenvalue weighted by atomic mass is 16.6. The summed E-state index contributed by atoms with van der Waals surface area (Å²) in [7, 11) is 0. The number of fused-ring (bicyclic) bond motifs is 5. The first-order valence-electron chi connectivity index (χ1n) is 22.3. The van der Waals surface area contributed by atoms with Crippen molar-refractivity contribution < 1.29 is 43.7 Å². The van der Waals surface area contributed by atoms with E-state index in [9.17, 15) is 34.2 Å². The number of allylic oxidation sites excluding steroid dienone is 2. The Morgan fingerprint density at radius 3 is 1.95 bits per heavy atom. The second kappa shape index (κ2) is 18.3. The highest BCUT2D eigenvalue weighted by Gasteiger charge is 2.75. The van der Waals surface area contributed by atoms with E-state index in [1.165, 1.54) is 83.8 Å². The van der Waals surface area contributed by atoms with Crippen molar-refractivity contribution in [3.8, 4) is 0 Å². The van der Waals surface area contributed by atoms with Crippen LogP contribution >= 0.6 is 0 Å². The summed E-state index contributed by atoms with van der Waals surface area (Å²) >= 11 is 0. The third-order valence-corrected chi connectivity index (χ3v) is 15.3. The first kappa shape index (κ1) is 47.0. The molecule has 0 aromatic rings. The first-order chi connectivity index (χ1) is 26.5. The lowest BCUT2D eigenvalue weighted by Gasteiger charge is -2.64. The van der Waals surface area contributed by atoms with E-state index in [4.69, 9.17) is 9.47 Å². The van der Waals surface area contributed by atoms with Crippen LogP contribution in [-0.2, 0) is 33.4 Å². The van der Waals surface area contributed by atoms with E-state index in [1.54, 1.807) is 13.8 Å². The summed E-state index contributed by atoms with van der Waals surface area (Å²) in [6, 6.07) is 0. The Morgan fingerprint density at radius 1 is 0.860 bits per heavy atom. The molecule has 0 aromatic carbocycles. The number of hydrogen-bond acceptors (Lipinski definition) is 9. The number of aliphatic hydroxyl groups excluding tert-OH is 1. The highest BCUT2D eigenvalue weighted by Crippen LogP contribution is 2.74. The molecular formula is C48H76O9. The molecule has 0 amide bonds. The number of carbonyl (C=O) groups is 5. The Labute approximate surface area is 343 Å². The molecule has 4 rings (SSSR count). The van der Waals surface area contributed by atoms with Gasteiger partial charge in [-0.2, -0.15) is 0 Å². The van der Waals surface area contributed by atoms with Gasteiger partial charge in [0.1, 0.15) is 29.2 Å². The van der Waals surface area contributed by atoms with Crippen molar-refractivity contribution in [2.45, 2.75) is 208 Å². The van der Waals surface area contributed by atoms with Crippen LogP contribution < -0.4 is 0 Å². The van der Waals surface area contributed by atoms with Gasteiger partial charge in [0.2, 0.25) is 0 Å². The van der Waals surface area contributed by atoms with Crippen LogP contribution in [0.2, 0.25) is 0 Å². The summed E-state index contributed by atoms with van der Waals surface area (Å²) in [6.45, 7) is 18.0. The molecule has 3 saturated carbocycles. The van der Waals surface area contributed by atoms with Crippen LogP contribution in [0.5, 0.6) is 0 Å². The molecule has 0 bridgehead atoms. The molecule has 9 nitrogen and oxygen atoms in total. The molecule has 0 saturated heterocycles. The fourth-order valence-corrected chi connectivity index (χ4v) is 12.0. The molecule has 4 aliphatic carbocycles.